The van der Waals surface area contributed by atoms with Gasteiger partial charge in [-0.05, 0) is 32.9 Å². The zero-order valence-corrected chi connectivity index (χ0v) is 10.9. The largest absolute Gasteiger partial charge is 0.476 e. The molecule has 0 aliphatic heterocycles. The average Bonchev–Trinajstić information content (AvgIpc) is 2.72. The molecule has 0 fully saturated rings. The Kier molecular flexibility index (Phi) is 3.05. The van der Waals surface area contributed by atoms with Crippen LogP contribution in [0.3, 0.4) is 0 Å². The first kappa shape index (κ1) is 13.1. The van der Waals surface area contributed by atoms with Gasteiger partial charge in [-0.3, -0.25) is 0 Å². The van der Waals surface area contributed by atoms with E-state index in [4.69, 9.17) is 5.11 Å². The molecule has 0 saturated heterocycles. The number of pyridine rings is 1. The fraction of sp³-hybridized carbons (Fsp3) is 0.286. The first-order valence-corrected chi connectivity index (χ1v) is 5.75. The van der Waals surface area contributed by atoms with Crippen molar-refractivity contribution in [3.63, 3.8) is 0 Å². The highest BCUT2D eigenvalue weighted by molar-refractivity contribution is 5.86. The van der Waals surface area contributed by atoms with E-state index in [0.29, 0.717) is 5.65 Å². The van der Waals surface area contributed by atoms with E-state index in [1.807, 2.05) is 6.92 Å². The minimum Gasteiger partial charge on any atom is -0.476 e. The Morgan fingerprint density at radius 2 is 2.11 bits per heavy atom. The first-order chi connectivity index (χ1) is 8.78. The van der Waals surface area contributed by atoms with Gasteiger partial charge in [-0.2, -0.15) is 0 Å². The predicted molar refractivity (Wildman–Crippen MR) is 70.1 cm³/mol. The van der Waals surface area contributed by atoms with E-state index in [2.05, 4.69) is 16.8 Å². The molecular weight excluding hydrogens is 244 g/mol. The highest BCUT2D eigenvalue weighted by atomic mass is 16.4. The molecule has 2 aromatic heterocycles. The van der Waals surface area contributed by atoms with E-state index in [1.165, 1.54) is 6.20 Å². The molecule has 19 heavy (non-hydrogen) atoms. The van der Waals surface area contributed by atoms with Crippen molar-refractivity contribution in [3.05, 3.63) is 35.3 Å². The van der Waals surface area contributed by atoms with Gasteiger partial charge in [0, 0.05) is 17.5 Å². The molecule has 5 nitrogen and oxygen atoms in total. The number of carbonyl (C=O) groups is 1. The quantitative estimate of drug-likeness (QED) is 0.759. The summed E-state index contributed by atoms with van der Waals surface area (Å²) in [4.78, 5) is 14.9. The van der Waals surface area contributed by atoms with Crippen LogP contribution < -0.4 is 0 Å². The van der Waals surface area contributed by atoms with Crippen LogP contribution in [0.1, 0.15) is 35.6 Å². The van der Waals surface area contributed by atoms with Crippen molar-refractivity contribution in [2.75, 3.05) is 0 Å². The molecule has 0 saturated carbocycles. The Balaban J connectivity index is 2.56. The normalized spacial score (nSPS) is 11.2. The second-order valence-electron chi connectivity index (χ2n) is 4.80. The summed E-state index contributed by atoms with van der Waals surface area (Å²) in [6.45, 7) is 5.04. The van der Waals surface area contributed by atoms with Gasteiger partial charge in [0.1, 0.15) is 11.2 Å². The average molecular weight is 258 g/mol. The van der Waals surface area contributed by atoms with Gasteiger partial charge in [-0.1, -0.05) is 11.8 Å². The van der Waals surface area contributed by atoms with Crippen LogP contribution in [-0.4, -0.2) is 31.2 Å². The van der Waals surface area contributed by atoms with Crippen LogP contribution in [-0.2, 0) is 0 Å². The van der Waals surface area contributed by atoms with Gasteiger partial charge in [-0.15, -0.1) is 0 Å². The van der Waals surface area contributed by atoms with E-state index >= 15 is 0 Å². The molecule has 0 aromatic carbocycles. The second kappa shape index (κ2) is 4.41. The van der Waals surface area contributed by atoms with Gasteiger partial charge >= 0.3 is 5.97 Å². The van der Waals surface area contributed by atoms with Crippen LogP contribution in [0.5, 0.6) is 0 Å². The van der Waals surface area contributed by atoms with Crippen molar-refractivity contribution in [1.29, 1.82) is 0 Å². The lowest BCUT2D eigenvalue weighted by Crippen LogP contribution is -2.14. The third-order valence-corrected chi connectivity index (χ3v) is 2.61. The highest BCUT2D eigenvalue weighted by Gasteiger charge is 2.11. The number of carboxylic acid groups (broad SMARTS) is 1. The SMILES string of the molecule is Cc1c(C#CC(C)(C)O)ccc2nc(C(=O)O)cn12. The fourth-order valence-electron chi connectivity index (χ4n) is 1.64. The maximum atomic E-state index is 10.9. The number of aromatic carboxylic acids is 1. The third-order valence-electron chi connectivity index (χ3n) is 2.61. The summed E-state index contributed by atoms with van der Waals surface area (Å²) < 4.78 is 1.68. The number of aliphatic hydroxyl groups is 1. The Morgan fingerprint density at radius 1 is 1.42 bits per heavy atom. The monoisotopic (exact) mass is 258 g/mol. The third kappa shape index (κ3) is 2.75. The summed E-state index contributed by atoms with van der Waals surface area (Å²) >= 11 is 0. The zero-order chi connectivity index (χ0) is 14.2. The van der Waals surface area contributed by atoms with Gasteiger partial charge in [0.2, 0.25) is 0 Å². The number of hydrogen-bond acceptors (Lipinski definition) is 3. The van der Waals surface area contributed by atoms with Gasteiger partial charge < -0.3 is 14.6 Å². The molecule has 5 heteroatoms. The van der Waals surface area contributed by atoms with Crippen molar-refractivity contribution in [2.45, 2.75) is 26.4 Å². The standard InChI is InChI=1S/C14H14N2O3/c1-9-10(6-7-14(2,3)19)4-5-12-15-11(13(17)18)8-16(9)12/h4-5,8,19H,1-3H3,(H,17,18). The Labute approximate surface area is 110 Å². The molecule has 0 bridgehead atoms. The lowest BCUT2D eigenvalue weighted by Gasteiger charge is -2.07. The Bertz CT molecular complexity index is 712. The number of imidazole rings is 1. The Hall–Kier alpha value is -2.32. The second-order valence-corrected chi connectivity index (χ2v) is 4.80. The maximum Gasteiger partial charge on any atom is 0.356 e. The van der Waals surface area contributed by atoms with E-state index in [9.17, 15) is 9.90 Å². The zero-order valence-electron chi connectivity index (χ0n) is 10.9. The summed E-state index contributed by atoms with van der Waals surface area (Å²) in [5.74, 6) is 4.55. The van der Waals surface area contributed by atoms with Crippen molar-refractivity contribution in [2.24, 2.45) is 0 Å². The number of carboxylic acids is 1. The maximum absolute atomic E-state index is 10.9. The summed E-state index contributed by atoms with van der Waals surface area (Å²) in [6.07, 6.45) is 1.46. The van der Waals surface area contributed by atoms with Crippen LogP contribution in [0.2, 0.25) is 0 Å². The molecule has 2 heterocycles. The number of hydrogen-bond donors (Lipinski definition) is 2. The minimum absolute atomic E-state index is 0.00398. The van der Waals surface area contributed by atoms with Gasteiger partial charge in [0.05, 0.1) is 0 Å². The smallest absolute Gasteiger partial charge is 0.356 e. The molecule has 0 aliphatic rings. The van der Waals surface area contributed by atoms with Gasteiger partial charge in [0.25, 0.3) is 0 Å². The van der Waals surface area contributed by atoms with Crippen LogP contribution in [0.4, 0.5) is 0 Å². The molecule has 0 aliphatic carbocycles. The van der Waals surface area contributed by atoms with Crippen molar-refractivity contribution in [3.8, 4) is 11.8 Å². The lowest BCUT2D eigenvalue weighted by atomic mass is 10.1. The topological polar surface area (TPSA) is 74.8 Å². The molecule has 2 rings (SSSR count). The number of aryl methyl sites for hydroxylation is 1. The summed E-state index contributed by atoms with van der Waals surface area (Å²) in [5, 5.41) is 18.5. The predicted octanol–water partition coefficient (Wildman–Crippen LogP) is 1.46. The summed E-state index contributed by atoms with van der Waals surface area (Å²) in [7, 11) is 0. The molecule has 0 amide bonds. The molecule has 0 unspecified atom stereocenters. The molecule has 0 spiro atoms. The first-order valence-electron chi connectivity index (χ1n) is 5.75. The van der Waals surface area contributed by atoms with Crippen LogP contribution >= 0.6 is 0 Å². The molecule has 0 atom stereocenters. The lowest BCUT2D eigenvalue weighted by molar-refractivity contribution is 0.0691. The number of aromatic nitrogens is 2. The van der Waals surface area contributed by atoms with Gasteiger partial charge in [0.15, 0.2) is 5.69 Å². The number of rotatable bonds is 1. The van der Waals surface area contributed by atoms with Crippen molar-refractivity contribution in [1.82, 2.24) is 9.38 Å². The van der Waals surface area contributed by atoms with Gasteiger partial charge in [-0.25, -0.2) is 9.78 Å². The van der Waals surface area contributed by atoms with Crippen LogP contribution in [0, 0.1) is 18.8 Å². The van der Waals surface area contributed by atoms with E-state index in [0.717, 1.165) is 11.3 Å². The summed E-state index contributed by atoms with van der Waals surface area (Å²) in [5.41, 5.74) is 1.00. The highest BCUT2D eigenvalue weighted by Crippen LogP contribution is 2.13. The molecule has 2 N–H and O–H groups in total. The van der Waals surface area contributed by atoms with E-state index in [1.54, 1.807) is 30.4 Å². The van der Waals surface area contributed by atoms with Crippen molar-refractivity contribution < 1.29 is 15.0 Å². The van der Waals surface area contributed by atoms with Crippen molar-refractivity contribution >= 4 is 11.6 Å². The minimum atomic E-state index is -1.07. The van der Waals surface area contributed by atoms with E-state index in [-0.39, 0.29) is 5.69 Å². The summed E-state index contributed by atoms with van der Waals surface area (Å²) in [6, 6.07) is 3.47. The number of fused-ring (bicyclic) bond motifs is 1. The molecule has 0 radical (unpaired) electrons. The number of nitrogens with zero attached hydrogens (tertiary/aromatic N) is 2. The van der Waals surface area contributed by atoms with E-state index < -0.39 is 11.6 Å². The van der Waals surface area contributed by atoms with Crippen LogP contribution in [0.25, 0.3) is 5.65 Å². The Morgan fingerprint density at radius 3 is 2.68 bits per heavy atom. The van der Waals surface area contributed by atoms with Crippen LogP contribution in [0.15, 0.2) is 18.3 Å². The molecule has 98 valence electrons. The molecular formula is C14H14N2O3. The fourth-order valence-corrected chi connectivity index (χ4v) is 1.64. The molecule has 2 aromatic rings.